The Morgan fingerprint density at radius 3 is 2.57 bits per heavy atom. The largest absolute Gasteiger partial charge is 0.487 e. The van der Waals surface area contributed by atoms with Gasteiger partial charge in [-0.15, -0.1) is 0 Å². The second kappa shape index (κ2) is 9.95. The summed E-state index contributed by atoms with van der Waals surface area (Å²) >= 11 is 0. The summed E-state index contributed by atoms with van der Waals surface area (Å²) in [5.41, 5.74) is 3.79. The zero-order valence-corrected chi connectivity index (χ0v) is 17.8. The Hall–Kier alpha value is -2.03. The summed E-state index contributed by atoms with van der Waals surface area (Å²) in [6, 6.07) is 10.7. The minimum absolute atomic E-state index is 0.0197. The first-order chi connectivity index (χ1) is 13.7. The van der Waals surface area contributed by atoms with Crippen molar-refractivity contribution in [2.24, 2.45) is 5.92 Å². The van der Waals surface area contributed by atoms with Gasteiger partial charge >= 0.3 is 0 Å². The van der Waals surface area contributed by atoms with Crippen LogP contribution in [0.2, 0.25) is 0 Å². The van der Waals surface area contributed by atoms with E-state index in [0.29, 0.717) is 0 Å². The van der Waals surface area contributed by atoms with Gasteiger partial charge in [0.15, 0.2) is 0 Å². The van der Waals surface area contributed by atoms with Crippen LogP contribution in [0.25, 0.3) is 0 Å². The molecule has 28 heavy (non-hydrogen) atoms. The SMILES string of the molecule is CC.CC1(CC2CCCCC2)CCc2cc(CNc3ccncc3)ccc2O1. The number of nitrogens with one attached hydrogen (secondary N) is 1. The third-order valence-corrected chi connectivity index (χ3v) is 6.03. The van der Waals surface area contributed by atoms with Crippen LogP contribution in [0.5, 0.6) is 5.75 Å². The number of anilines is 1. The van der Waals surface area contributed by atoms with Crippen LogP contribution in [-0.2, 0) is 13.0 Å². The minimum atomic E-state index is 0.0197. The molecule has 0 radical (unpaired) electrons. The van der Waals surface area contributed by atoms with Crippen LogP contribution in [0.15, 0.2) is 42.7 Å². The number of benzene rings is 1. The second-order valence-electron chi connectivity index (χ2n) is 8.29. The molecule has 1 fully saturated rings. The van der Waals surface area contributed by atoms with Crippen LogP contribution >= 0.6 is 0 Å². The number of aromatic nitrogens is 1. The molecule has 1 aliphatic heterocycles. The minimum Gasteiger partial charge on any atom is -0.487 e. The summed E-state index contributed by atoms with van der Waals surface area (Å²) < 4.78 is 6.51. The molecule has 1 aromatic carbocycles. The summed E-state index contributed by atoms with van der Waals surface area (Å²) in [5, 5.41) is 3.46. The van der Waals surface area contributed by atoms with E-state index in [1.807, 2.05) is 38.4 Å². The van der Waals surface area contributed by atoms with Crippen LogP contribution in [0.1, 0.15) is 76.8 Å². The van der Waals surface area contributed by atoms with Gasteiger partial charge in [0.25, 0.3) is 0 Å². The number of ether oxygens (including phenoxy) is 1. The highest BCUT2D eigenvalue weighted by atomic mass is 16.5. The molecule has 1 atom stereocenters. The van der Waals surface area contributed by atoms with Crippen molar-refractivity contribution in [1.29, 1.82) is 0 Å². The van der Waals surface area contributed by atoms with Gasteiger partial charge in [-0.25, -0.2) is 0 Å². The molecule has 1 N–H and O–H groups in total. The first kappa shape index (κ1) is 20.7. The maximum Gasteiger partial charge on any atom is 0.123 e. The molecule has 1 unspecified atom stereocenters. The smallest absolute Gasteiger partial charge is 0.123 e. The van der Waals surface area contributed by atoms with Crippen LogP contribution in [0.3, 0.4) is 0 Å². The molecule has 1 aromatic heterocycles. The molecular formula is C25H36N2O. The van der Waals surface area contributed by atoms with Crippen molar-refractivity contribution in [1.82, 2.24) is 4.98 Å². The Morgan fingerprint density at radius 1 is 1.07 bits per heavy atom. The zero-order valence-electron chi connectivity index (χ0n) is 17.8. The lowest BCUT2D eigenvalue weighted by molar-refractivity contribution is 0.0333. The molecule has 0 amide bonds. The molecule has 152 valence electrons. The van der Waals surface area contributed by atoms with E-state index in [0.717, 1.165) is 36.7 Å². The second-order valence-corrected chi connectivity index (χ2v) is 8.29. The lowest BCUT2D eigenvalue weighted by Gasteiger charge is -2.39. The monoisotopic (exact) mass is 380 g/mol. The van der Waals surface area contributed by atoms with E-state index in [1.54, 1.807) is 0 Å². The maximum atomic E-state index is 6.51. The zero-order chi connectivity index (χ0) is 19.8. The lowest BCUT2D eigenvalue weighted by atomic mass is 9.78. The summed E-state index contributed by atoms with van der Waals surface area (Å²) in [4.78, 5) is 4.06. The molecule has 2 heterocycles. The Labute approximate surface area is 170 Å². The van der Waals surface area contributed by atoms with Gasteiger partial charge in [-0.1, -0.05) is 58.1 Å². The molecule has 2 aliphatic rings. The van der Waals surface area contributed by atoms with Gasteiger partial charge in [0, 0.05) is 24.6 Å². The highest BCUT2D eigenvalue weighted by molar-refractivity contribution is 5.44. The van der Waals surface area contributed by atoms with Gasteiger partial charge in [0.05, 0.1) is 0 Å². The van der Waals surface area contributed by atoms with Gasteiger partial charge in [-0.2, -0.15) is 0 Å². The van der Waals surface area contributed by atoms with Gasteiger partial charge in [0.1, 0.15) is 11.4 Å². The number of hydrogen-bond donors (Lipinski definition) is 1. The van der Waals surface area contributed by atoms with Crippen molar-refractivity contribution < 1.29 is 4.74 Å². The molecular weight excluding hydrogens is 344 g/mol. The average molecular weight is 381 g/mol. The van der Waals surface area contributed by atoms with Crippen molar-refractivity contribution in [3.8, 4) is 5.75 Å². The fourth-order valence-corrected chi connectivity index (χ4v) is 4.57. The number of nitrogens with zero attached hydrogens (tertiary/aromatic N) is 1. The molecule has 1 aliphatic carbocycles. The first-order valence-corrected chi connectivity index (χ1v) is 11.1. The predicted octanol–water partition coefficient (Wildman–Crippen LogP) is 6.77. The topological polar surface area (TPSA) is 34.2 Å². The van der Waals surface area contributed by atoms with Gasteiger partial charge < -0.3 is 10.1 Å². The Bertz CT molecular complexity index is 725. The number of rotatable bonds is 5. The maximum absolute atomic E-state index is 6.51. The van der Waals surface area contributed by atoms with Crippen LogP contribution in [0, 0.1) is 5.92 Å². The third-order valence-electron chi connectivity index (χ3n) is 6.03. The number of aryl methyl sites for hydroxylation is 1. The number of pyridine rings is 1. The third kappa shape index (κ3) is 5.50. The highest BCUT2D eigenvalue weighted by Crippen LogP contribution is 2.40. The van der Waals surface area contributed by atoms with Crippen LogP contribution in [-0.4, -0.2) is 10.6 Å². The van der Waals surface area contributed by atoms with Crippen molar-refractivity contribution in [3.63, 3.8) is 0 Å². The Balaban J connectivity index is 0.00000109. The van der Waals surface area contributed by atoms with Crippen molar-refractivity contribution >= 4 is 5.69 Å². The van der Waals surface area contributed by atoms with E-state index in [1.165, 1.54) is 49.7 Å². The molecule has 0 saturated heterocycles. The molecule has 0 bridgehead atoms. The quantitative estimate of drug-likeness (QED) is 0.621. The summed E-state index contributed by atoms with van der Waals surface area (Å²) in [7, 11) is 0. The average Bonchev–Trinajstić information content (AvgIpc) is 2.75. The number of fused-ring (bicyclic) bond motifs is 1. The highest BCUT2D eigenvalue weighted by Gasteiger charge is 2.34. The van der Waals surface area contributed by atoms with Gasteiger partial charge in [-0.05, 0) is 61.4 Å². The molecule has 2 aromatic rings. The Morgan fingerprint density at radius 2 is 1.82 bits per heavy atom. The van der Waals surface area contributed by atoms with Crippen LogP contribution in [0.4, 0.5) is 5.69 Å². The summed E-state index contributed by atoms with van der Waals surface area (Å²) in [6.45, 7) is 7.15. The molecule has 4 rings (SSSR count). The molecule has 0 spiro atoms. The van der Waals surface area contributed by atoms with Crippen molar-refractivity contribution in [3.05, 3.63) is 53.9 Å². The van der Waals surface area contributed by atoms with Gasteiger partial charge in [-0.3, -0.25) is 4.98 Å². The van der Waals surface area contributed by atoms with Gasteiger partial charge in [0.2, 0.25) is 0 Å². The Kier molecular flexibility index (Phi) is 7.36. The van der Waals surface area contributed by atoms with E-state index >= 15 is 0 Å². The summed E-state index contributed by atoms with van der Waals surface area (Å²) in [6.07, 6.45) is 14.1. The fourth-order valence-electron chi connectivity index (χ4n) is 4.57. The van der Waals surface area contributed by atoms with E-state index in [4.69, 9.17) is 4.74 Å². The van der Waals surface area contributed by atoms with Crippen LogP contribution < -0.4 is 10.1 Å². The molecule has 3 heteroatoms. The molecule has 3 nitrogen and oxygen atoms in total. The standard InChI is InChI=1S/C23H30N2O.C2H6/c1-23(16-18-5-3-2-4-6-18)12-9-20-15-19(7-8-22(20)26-23)17-25-21-10-13-24-14-11-21;1-2/h7-8,10-11,13-15,18H,2-6,9,12,16-17H2,1H3,(H,24,25);1-2H3. The van der Waals surface area contributed by atoms with E-state index in [-0.39, 0.29) is 5.60 Å². The van der Waals surface area contributed by atoms with Crippen molar-refractivity contribution in [2.45, 2.75) is 84.3 Å². The van der Waals surface area contributed by atoms with E-state index in [2.05, 4.69) is 35.4 Å². The summed E-state index contributed by atoms with van der Waals surface area (Å²) in [5.74, 6) is 1.96. The fraction of sp³-hybridized carbons (Fsp3) is 0.560. The van der Waals surface area contributed by atoms with Crippen molar-refractivity contribution in [2.75, 3.05) is 5.32 Å². The lowest BCUT2D eigenvalue weighted by Crippen LogP contribution is -2.38. The number of hydrogen-bond acceptors (Lipinski definition) is 3. The molecule has 1 saturated carbocycles. The predicted molar refractivity (Wildman–Crippen MR) is 118 cm³/mol. The van der Waals surface area contributed by atoms with E-state index < -0.39 is 0 Å². The first-order valence-electron chi connectivity index (χ1n) is 11.1. The normalized spacial score (nSPS) is 21.7. The van der Waals surface area contributed by atoms with E-state index in [9.17, 15) is 0 Å².